The van der Waals surface area contributed by atoms with Gasteiger partial charge in [-0.05, 0) is 12.1 Å². The van der Waals surface area contributed by atoms with Crippen molar-refractivity contribution in [3.8, 4) is 0 Å². The normalized spacial score (nSPS) is 8.00. The molecule has 0 aliphatic rings. The minimum Gasteiger partial charge on any atom is -1.00 e. The third-order valence-corrected chi connectivity index (χ3v) is 1.67. The second-order valence-corrected chi connectivity index (χ2v) is 2.65. The molecule has 0 amide bonds. The van der Waals surface area contributed by atoms with Gasteiger partial charge < -0.3 is 24.8 Å². The monoisotopic (exact) mass is 305 g/mol. The Morgan fingerprint density at radius 1 is 0.750 bits per heavy atom. The van der Waals surface area contributed by atoms with Crippen molar-refractivity contribution >= 4 is 11.6 Å². The first-order valence-corrected chi connectivity index (χ1v) is 4.12. The van der Waals surface area contributed by atoms with Gasteiger partial charge in [0.2, 0.25) is 11.6 Å². The molecule has 0 aromatic carbocycles. The molecule has 3 nitrogen and oxygen atoms in total. The second-order valence-electron chi connectivity index (χ2n) is 2.65. The summed E-state index contributed by atoms with van der Waals surface area (Å²) in [5, 5.41) is 1.94. The number of pyridine rings is 2. The molecule has 0 fully saturated rings. The maximum absolute atomic E-state index is 4.18. The predicted octanol–water partition coefficient (Wildman–Crippen LogP) is -4.99. The molecule has 1 radical (unpaired) electrons. The first-order chi connectivity index (χ1) is 6.45. The van der Waals surface area contributed by atoms with Crippen molar-refractivity contribution in [3.05, 3.63) is 48.8 Å². The predicted molar refractivity (Wildman–Crippen MR) is 49.7 cm³/mol. The molecule has 0 unspecified atom stereocenters. The summed E-state index contributed by atoms with van der Waals surface area (Å²) in [6.07, 6.45) is 3.55. The summed E-state index contributed by atoms with van der Waals surface area (Å²) in [6, 6.07) is 11.6. The van der Waals surface area contributed by atoms with Gasteiger partial charge in [0.05, 0.1) is 0 Å². The molecule has 2 aromatic heterocycles. The molecule has 91 valence electrons. The van der Waals surface area contributed by atoms with Gasteiger partial charge in [-0.2, -0.15) is 0 Å². The number of aromatic nitrogens is 2. The van der Waals surface area contributed by atoms with E-state index in [1.165, 1.54) is 0 Å². The topological polar surface area (TPSA) is 42.4 Å². The Bertz CT molecular complexity index is 335. The zero-order valence-electron chi connectivity index (χ0n) is 8.15. The maximum atomic E-state index is 4.18. The minimum absolute atomic E-state index is 0. The van der Waals surface area contributed by atoms with E-state index < -0.39 is 0 Å². The van der Waals surface area contributed by atoms with Crippen LogP contribution in [0.25, 0.3) is 0 Å². The molecule has 6 heteroatoms. The van der Waals surface area contributed by atoms with E-state index in [4.69, 9.17) is 0 Å². The van der Waals surface area contributed by atoms with E-state index in [0.29, 0.717) is 0 Å². The van der Waals surface area contributed by atoms with Gasteiger partial charge in [0, 0.05) is 41.6 Å². The zero-order valence-corrected chi connectivity index (χ0v) is 10.6. The fourth-order valence-corrected chi connectivity index (χ4v) is 1.07. The van der Waals surface area contributed by atoms with E-state index in [1.54, 1.807) is 12.4 Å². The van der Waals surface area contributed by atoms with Gasteiger partial charge in [-0.15, -0.1) is 0 Å². The van der Waals surface area contributed by atoms with Gasteiger partial charge >= 0.3 is 0 Å². The largest absolute Gasteiger partial charge is 1.00 e. The van der Waals surface area contributed by atoms with Crippen LogP contribution in [0.4, 0.5) is 11.6 Å². The molecule has 0 bridgehead atoms. The molecule has 0 spiro atoms. The van der Waals surface area contributed by atoms with Crippen LogP contribution in [-0.4, -0.2) is 9.97 Å². The van der Waals surface area contributed by atoms with Crippen LogP contribution in [0.3, 0.4) is 0 Å². The summed E-state index contributed by atoms with van der Waals surface area (Å²) in [5.74, 6) is 1.86. The van der Waals surface area contributed by atoms with Crippen molar-refractivity contribution in [1.82, 2.24) is 9.97 Å². The summed E-state index contributed by atoms with van der Waals surface area (Å²) in [5.41, 5.74) is 0. The fourth-order valence-electron chi connectivity index (χ4n) is 1.07. The Labute approximate surface area is 117 Å². The molecule has 2 N–H and O–H groups in total. The Kier molecular flexibility index (Phi) is 10.6. The molecule has 0 aliphatic carbocycles. The Morgan fingerprint density at radius 2 is 1.19 bits per heavy atom. The summed E-state index contributed by atoms with van der Waals surface area (Å²) in [4.78, 5) is 8.36. The average molecular weight is 307 g/mol. The van der Waals surface area contributed by atoms with Crippen LogP contribution in [0.2, 0.25) is 0 Å². The number of hydrogen-bond acceptors (Lipinski definition) is 2. The van der Waals surface area contributed by atoms with Crippen LogP contribution in [0.5, 0.6) is 0 Å². The van der Waals surface area contributed by atoms with Crippen LogP contribution < -0.4 is 30.1 Å². The molecule has 2 heterocycles. The molecule has 0 atom stereocenters. The summed E-state index contributed by atoms with van der Waals surface area (Å²) >= 11 is 0. The summed E-state index contributed by atoms with van der Waals surface area (Å²) < 4.78 is 0. The molecule has 2 rings (SSSR count). The molecule has 16 heavy (non-hydrogen) atoms. The van der Waals surface area contributed by atoms with Crippen molar-refractivity contribution in [3.63, 3.8) is 0 Å². The Morgan fingerprint density at radius 3 is 1.50 bits per heavy atom. The van der Waals surface area contributed by atoms with Crippen molar-refractivity contribution in [2.45, 2.75) is 0 Å². The van der Waals surface area contributed by atoms with Crippen LogP contribution in [0.1, 0.15) is 0 Å². The number of halogens is 2. The van der Waals surface area contributed by atoms with E-state index in [0.717, 1.165) is 11.6 Å². The van der Waals surface area contributed by atoms with E-state index >= 15 is 0 Å². The van der Waals surface area contributed by atoms with Crippen LogP contribution in [0.15, 0.2) is 48.8 Å². The molecule has 0 saturated carbocycles. The number of rotatable bonds is 2. The van der Waals surface area contributed by atoms with E-state index in [-0.39, 0.29) is 41.9 Å². The van der Waals surface area contributed by atoms with Crippen LogP contribution in [0, 0.1) is 0 Å². The van der Waals surface area contributed by atoms with E-state index in [1.807, 2.05) is 41.7 Å². The van der Waals surface area contributed by atoms with E-state index in [9.17, 15) is 0 Å². The van der Waals surface area contributed by atoms with Gasteiger partial charge in [-0.3, -0.25) is 0 Å². The smallest absolute Gasteiger partial charge is 0.230 e. The second kappa shape index (κ2) is 9.58. The first-order valence-electron chi connectivity index (χ1n) is 4.12. The fraction of sp³-hybridized carbons (Fsp3) is 0. The number of hydrogen-bond donors (Lipinski definition) is 1. The number of nitrogens with two attached hydrogens (primary N) is 1. The SMILES string of the molecule is [Cl-].[Cl-].[Cu].c1ccc([NH2+]c2ccccn2)nc1. The molecule has 0 saturated heterocycles. The van der Waals surface area contributed by atoms with Crippen molar-refractivity contribution in [2.75, 3.05) is 0 Å². The summed E-state index contributed by atoms with van der Waals surface area (Å²) in [7, 11) is 0. The van der Waals surface area contributed by atoms with Crippen LogP contribution in [-0.2, 0) is 17.1 Å². The molecular weight excluding hydrogens is 297 g/mol. The van der Waals surface area contributed by atoms with Gasteiger partial charge in [-0.1, -0.05) is 12.1 Å². The quantitative estimate of drug-likeness (QED) is 0.565. The standard InChI is InChI=1S/C10H9N3.2ClH.Cu/c1-3-7-11-9(5-1)13-10-6-2-4-8-12-10;;;/h1-8H,(H,11,12,13);2*1H;/p-1. The molecular formula is C10H10Cl2CuN3-. The first kappa shape index (κ1) is 17.7. The van der Waals surface area contributed by atoms with Gasteiger partial charge in [0.25, 0.3) is 0 Å². The number of quaternary nitrogens is 1. The van der Waals surface area contributed by atoms with Crippen molar-refractivity contribution < 1.29 is 47.2 Å². The molecule has 2 aromatic rings. The van der Waals surface area contributed by atoms with E-state index in [2.05, 4.69) is 9.97 Å². The minimum atomic E-state index is 0. The number of nitrogens with zero attached hydrogens (tertiary/aromatic N) is 2. The van der Waals surface area contributed by atoms with Gasteiger partial charge in [-0.25, -0.2) is 15.3 Å². The zero-order chi connectivity index (χ0) is 8.93. The average Bonchev–Trinajstić information content (AvgIpc) is 2.21. The molecule has 0 aliphatic heterocycles. The third-order valence-electron chi connectivity index (χ3n) is 1.67. The van der Waals surface area contributed by atoms with Crippen LogP contribution >= 0.6 is 0 Å². The van der Waals surface area contributed by atoms with Gasteiger partial charge in [0.1, 0.15) is 0 Å². The third kappa shape index (κ3) is 5.45. The Balaban J connectivity index is 0. The van der Waals surface area contributed by atoms with Crippen molar-refractivity contribution in [1.29, 1.82) is 0 Å². The van der Waals surface area contributed by atoms with Crippen molar-refractivity contribution in [2.24, 2.45) is 0 Å². The summed E-state index contributed by atoms with van der Waals surface area (Å²) in [6.45, 7) is 0. The Hall–Kier alpha value is -0.641. The maximum Gasteiger partial charge on any atom is 0.230 e. The van der Waals surface area contributed by atoms with Gasteiger partial charge in [0.15, 0.2) is 0 Å².